The summed E-state index contributed by atoms with van der Waals surface area (Å²) in [5.41, 5.74) is 0.969. The summed E-state index contributed by atoms with van der Waals surface area (Å²) >= 11 is 0. The molecule has 1 aliphatic rings. The number of hydrogen-bond acceptors (Lipinski definition) is 4. The van der Waals surface area contributed by atoms with Crippen molar-refractivity contribution in [2.45, 2.75) is 19.8 Å². The van der Waals surface area contributed by atoms with Gasteiger partial charge >= 0.3 is 0 Å². The van der Waals surface area contributed by atoms with Crippen LogP contribution in [0.3, 0.4) is 0 Å². The van der Waals surface area contributed by atoms with Crippen LogP contribution in [0, 0.1) is 5.92 Å². The Labute approximate surface area is 137 Å². The predicted octanol–water partition coefficient (Wildman–Crippen LogP) is 2.75. The summed E-state index contributed by atoms with van der Waals surface area (Å²) in [5.74, 6) is 1.06. The highest BCUT2D eigenvalue weighted by Gasteiger charge is 2.30. The van der Waals surface area contributed by atoms with E-state index in [1.165, 1.54) is 0 Å². The first-order valence-electron chi connectivity index (χ1n) is 8.17. The van der Waals surface area contributed by atoms with E-state index in [1.807, 2.05) is 42.2 Å². The van der Waals surface area contributed by atoms with Gasteiger partial charge in [-0.2, -0.15) is 0 Å². The maximum atomic E-state index is 13.0. The molecule has 1 saturated heterocycles. The van der Waals surface area contributed by atoms with Gasteiger partial charge in [-0.05, 0) is 31.9 Å². The third kappa shape index (κ3) is 3.50. The Balaban J connectivity index is 1.74. The lowest BCUT2D eigenvalue weighted by atomic mass is 9.96. The molecule has 0 saturated carbocycles. The minimum absolute atomic E-state index is 0.00547. The standard InChI is InChI=1S/C18H22N4O/c1-2-22(16-8-4-3-5-9-16)18(23)15-7-6-12-21(14-15)17-13-19-10-11-20-17/h3-5,8-11,13,15H,2,6-7,12,14H2,1H3. The molecule has 1 atom stereocenters. The van der Waals surface area contributed by atoms with Crippen molar-refractivity contribution in [2.75, 3.05) is 29.4 Å². The number of piperidine rings is 1. The molecule has 120 valence electrons. The molecule has 23 heavy (non-hydrogen) atoms. The van der Waals surface area contributed by atoms with Crippen molar-refractivity contribution in [3.05, 3.63) is 48.9 Å². The predicted molar refractivity (Wildman–Crippen MR) is 91.4 cm³/mol. The number of benzene rings is 1. The number of nitrogens with zero attached hydrogens (tertiary/aromatic N) is 4. The molecule has 0 aliphatic carbocycles. The molecular formula is C18H22N4O. The lowest BCUT2D eigenvalue weighted by Gasteiger charge is -2.35. The fraction of sp³-hybridized carbons (Fsp3) is 0.389. The van der Waals surface area contributed by atoms with Crippen molar-refractivity contribution < 1.29 is 4.79 Å². The summed E-state index contributed by atoms with van der Waals surface area (Å²) in [4.78, 5) is 25.5. The van der Waals surface area contributed by atoms with Crippen molar-refractivity contribution in [2.24, 2.45) is 5.92 Å². The largest absolute Gasteiger partial charge is 0.355 e. The van der Waals surface area contributed by atoms with Gasteiger partial charge in [0.25, 0.3) is 0 Å². The van der Waals surface area contributed by atoms with Crippen molar-refractivity contribution in [1.82, 2.24) is 9.97 Å². The minimum Gasteiger partial charge on any atom is -0.355 e. The van der Waals surface area contributed by atoms with Gasteiger partial charge in [0.05, 0.1) is 12.1 Å². The minimum atomic E-state index is 0.00547. The average molecular weight is 310 g/mol. The summed E-state index contributed by atoms with van der Waals surface area (Å²) in [6.45, 7) is 4.35. The highest BCUT2D eigenvalue weighted by Crippen LogP contribution is 2.24. The molecule has 0 radical (unpaired) electrons. The van der Waals surface area contributed by atoms with Gasteiger partial charge in [-0.3, -0.25) is 9.78 Å². The van der Waals surface area contributed by atoms with Crippen LogP contribution < -0.4 is 9.80 Å². The molecule has 5 nitrogen and oxygen atoms in total. The monoisotopic (exact) mass is 310 g/mol. The third-order valence-corrected chi connectivity index (χ3v) is 4.29. The van der Waals surface area contributed by atoms with Crippen LogP contribution in [0.4, 0.5) is 11.5 Å². The van der Waals surface area contributed by atoms with Crippen LogP contribution in [0.15, 0.2) is 48.9 Å². The molecule has 1 amide bonds. The number of para-hydroxylation sites is 1. The molecule has 0 N–H and O–H groups in total. The highest BCUT2D eigenvalue weighted by molar-refractivity contribution is 5.95. The van der Waals surface area contributed by atoms with E-state index in [0.717, 1.165) is 30.9 Å². The van der Waals surface area contributed by atoms with Crippen LogP contribution in [-0.4, -0.2) is 35.5 Å². The van der Waals surface area contributed by atoms with Gasteiger partial charge in [0.15, 0.2) is 0 Å². The van der Waals surface area contributed by atoms with Crippen LogP contribution >= 0.6 is 0 Å². The van der Waals surface area contributed by atoms with Crippen LogP contribution in [-0.2, 0) is 4.79 Å². The molecule has 1 fully saturated rings. The van der Waals surface area contributed by atoms with E-state index in [2.05, 4.69) is 14.9 Å². The second-order valence-electron chi connectivity index (χ2n) is 5.77. The van der Waals surface area contributed by atoms with E-state index < -0.39 is 0 Å². The number of aromatic nitrogens is 2. The van der Waals surface area contributed by atoms with E-state index in [0.29, 0.717) is 13.1 Å². The molecular weight excluding hydrogens is 288 g/mol. The van der Waals surface area contributed by atoms with Crippen molar-refractivity contribution in [1.29, 1.82) is 0 Å². The normalized spacial score (nSPS) is 17.8. The van der Waals surface area contributed by atoms with Crippen LogP contribution in [0.2, 0.25) is 0 Å². The van der Waals surface area contributed by atoms with Crippen LogP contribution in [0.5, 0.6) is 0 Å². The van der Waals surface area contributed by atoms with Crippen molar-refractivity contribution in [3.63, 3.8) is 0 Å². The number of rotatable bonds is 4. The Morgan fingerprint density at radius 3 is 2.83 bits per heavy atom. The van der Waals surface area contributed by atoms with Crippen molar-refractivity contribution in [3.8, 4) is 0 Å². The second-order valence-corrected chi connectivity index (χ2v) is 5.77. The Morgan fingerprint density at radius 2 is 2.13 bits per heavy atom. The molecule has 0 bridgehead atoms. The Hall–Kier alpha value is -2.43. The Kier molecular flexibility index (Phi) is 4.86. The van der Waals surface area contributed by atoms with Gasteiger partial charge in [-0.15, -0.1) is 0 Å². The molecule has 1 aromatic carbocycles. The average Bonchev–Trinajstić information content (AvgIpc) is 2.64. The van der Waals surface area contributed by atoms with Gasteiger partial charge in [-0.25, -0.2) is 4.98 Å². The molecule has 2 aromatic rings. The highest BCUT2D eigenvalue weighted by atomic mass is 16.2. The second kappa shape index (κ2) is 7.22. The zero-order chi connectivity index (χ0) is 16.1. The van der Waals surface area contributed by atoms with E-state index >= 15 is 0 Å². The van der Waals surface area contributed by atoms with Gasteiger partial charge in [0, 0.05) is 37.7 Å². The number of carbonyl (C=O) groups excluding carboxylic acids is 1. The summed E-state index contributed by atoms with van der Waals surface area (Å²) in [5, 5.41) is 0. The third-order valence-electron chi connectivity index (χ3n) is 4.29. The van der Waals surface area contributed by atoms with Gasteiger partial charge in [0.1, 0.15) is 5.82 Å². The van der Waals surface area contributed by atoms with E-state index in [1.54, 1.807) is 18.6 Å². The molecule has 2 heterocycles. The lowest BCUT2D eigenvalue weighted by molar-refractivity contribution is -0.122. The Bertz CT molecular complexity index is 632. The van der Waals surface area contributed by atoms with Crippen LogP contribution in [0.1, 0.15) is 19.8 Å². The first kappa shape index (κ1) is 15.5. The van der Waals surface area contributed by atoms with Crippen LogP contribution in [0.25, 0.3) is 0 Å². The number of anilines is 2. The molecule has 0 spiro atoms. The number of hydrogen-bond donors (Lipinski definition) is 0. The first-order chi connectivity index (χ1) is 11.3. The Morgan fingerprint density at radius 1 is 1.30 bits per heavy atom. The zero-order valence-electron chi connectivity index (χ0n) is 13.4. The summed E-state index contributed by atoms with van der Waals surface area (Å²) < 4.78 is 0. The number of carbonyl (C=O) groups is 1. The summed E-state index contributed by atoms with van der Waals surface area (Å²) in [6.07, 6.45) is 7.06. The SMILES string of the molecule is CCN(C(=O)C1CCCN(c2cnccn2)C1)c1ccccc1. The zero-order valence-corrected chi connectivity index (χ0v) is 13.4. The molecule has 3 rings (SSSR count). The first-order valence-corrected chi connectivity index (χ1v) is 8.17. The summed E-state index contributed by atoms with van der Waals surface area (Å²) in [7, 11) is 0. The smallest absolute Gasteiger partial charge is 0.231 e. The summed E-state index contributed by atoms with van der Waals surface area (Å²) in [6, 6.07) is 9.89. The number of amides is 1. The fourth-order valence-corrected chi connectivity index (χ4v) is 3.14. The topological polar surface area (TPSA) is 49.3 Å². The van der Waals surface area contributed by atoms with Gasteiger partial charge < -0.3 is 9.80 Å². The quantitative estimate of drug-likeness (QED) is 0.871. The van der Waals surface area contributed by atoms with Crippen molar-refractivity contribution >= 4 is 17.4 Å². The maximum absolute atomic E-state index is 13.0. The lowest BCUT2D eigenvalue weighted by Crippen LogP contribution is -2.45. The van der Waals surface area contributed by atoms with Gasteiger partial charge in [0.2, 0.25) is 5.91 Å². The van der Waals surface area contributed by atoms with E-state index in [9.17, 15) is 4.79 Å². The molecule has 1 aromatic heterocycles. The molecule has 5 heteroatoms. The van der Waals surface area contributed by atoms with E-state index in [4.69, 9.17) is 0 Å². The fourth-order valence-electron chi connectivity index (χ4n) is 3.14. The molecule has 1 aliphatic heterocycles. The van der Waals surface area contributed by atoms with Gasteiger partial charge in [-0.1, -0.05) is 18.2 Å². The van der Waals surface area contributed by atoms with E-state index in [-0.39, 0.29) is 11.8 Å². The maximum Gasteiger partial charge on any atom is 0.231 e. The molecule has 1 unspecified atom stereocenters.